The molecule has 0 aromatic heterocycles. The summed E-state index contributed by atoms with van der Waals surface area (Å²) in [5.41, 5.74) is 2.07. The van der Waals surface area contributed by atoms with Gasteiger partial charge < -0.3 is 34.9 Å². The van der Waals surface area contributed by atoms with Crippen molar-refractivity contribution in [1.29, 1.82) is 0 Å². The number of fused-ring (bicyclic) bond motifs is 1. The number of benzene rings is 4. The average Bonchev–Trinajstić information content (AvgIpc) is 3.10. The molecule has 47 heavy (non-hydrogen) atoms. The SMILES string of the molecule is CCC(Sc1cccc(NC(=O)/C(=C\c2ccc(OC)cc2OC)NC(=O)c2ccccc2)c1)C(=O)Nc1ccc2c(c1)OCCO2. The van der Waals surface area contributed by atoms with Crippen LogP contribution in [0.4, 0.5) is 11.4 Å². The second-order valence-corrected chi connectivity index (χ2v) is 11.6. The van der Waals surface area contributed by atoms with Crippen molar-refractivity contribution in [3.8, 4) is 23.0 Å². The van der Waals surface area contributed by atoms with Crippen LogP contribution in [0.15, 0.2) is 102 Å². The van der Waals surface area contributed by atoms with E-state index >= 15 is 0 Å². The standard InChI is InChI=1S/C36H35N3O7S/c1-4-33(36(42)38-26-14-16-30-32(21-26)46-18-17-45-30)47-28-12-8-11-25(20-28)37-35(41)29(39-34(40)23-9-6-5-7-10-23)19-24-13-15-27(43-2)22-31(24)44-3/h5-16,19-22,33H,4,17-18H2,1-3H3,(H,37,41)(H,38,42)(H,39,40)/b29-19+. The van der Waals surface area contributed by atoms with E-state index in [9.17, 15) is 14.4 Å². The molecule has 0 aliphatic carbocycles. The Morgan fingerprint density at radius 1 is 0.830 bits per heavy atom. The number of nitrogens with one attached hydrogen (secondary N) is 3. The van der Waals surface area contributed by atoms with E-state index in [0.29, 0.717) is 65.1 Å². The highest BCUT2D eigenvalue weighted by Crippen LogP contribution is 2.34. The highest BCUT2D eigenvalue weighted by Gasteiger charge is 2.21. The van der Waals surface area contributed by atoms with Gasteiger partial charge >= 0.3 is 0 Å². The Labute approximate surface area is 277 Å². The highest BCUT2D eigenvalue weighted by atomic mass is 32.2. The molecule has 0 radical (unpaired) electrons. The first-order valence-corrected chi connectivity index (χ1v) is 15.8. The molecule has 1 aliphatic heterocycles. The van der Waals surface area contributed by atoms with Crippen LogP contribution in [0.5, 0.6) is 23.0 Å². The fraction of sp³-hybridized carbons (Fsp3) is 0.194. The maximum atomic E-state index is 13.7. The number of hydrogen-bond acceptors (Lipinski definition) is 8. The minimum Gasteiger partial charge on any atom is -0.497 e. The van der Waals surface area contributed by atoms with E-state index in [-0.39, 0.29) is 11.6 Å². The summed E-state index contributed by atoms with van der Waals surface area (Å²) in [7, 11) is 3.06. The molecule has 1 heterocycles. The second kappa shape index (κ2) is 15.7. The maximum Gasteiger partial charge on any atom is 0.272 e. The summed E-state index contributed by atoms with van der Waals surface area (Å²) in [5.74, 6) is 1.13. The largest absolute Gasteiger partial charge is 0.497 e. The first-order chi connectivity index (χ1) is 22.9. The van der Waals surface area contributed by atoms with Gasteiger partial charge in [-0.1, -0.05) is 31.2 Å². The fourth-order valence-electron chi connectivity index (χ4n) is 4.71. The molecule has 3 amide bonds. The smallest absolute Gasteiger partial charge is 0.272 e. The Morgan fingerprint density at radius 3 is 2.34 bits per heavy atom. The van der Waals surface area contributed by atoms with Gasteiger partial charge in [-0.15, -0.1) is 11.8 Å². The summed E-state index contributed by atoms with van der Waals surface area (Å²) >= 11 is 1.38. The Morgan fingerprint density at radius 2 is 1.60 bits per heavy atom. The predicted octanol–water partition coefficient (Wildman–Crippen LogP) is 6.39. The van der Waals surface area contributed by atoms with E-state index in [1.165, 1.54) is 18.9 Å². The van der Waals surface area contributed by atoms with Gasteiger partial charge in [-0.05, 0) is 67.1 Å². The molecular weight excluding hydrogens is 618 g/mol. The lowest BCUT2D eigenvalue weighted by Gasteiger charge is -2.20. The molecule has 0 saturated heterocycles. The third-order valence-electron chi connectivity index (χ3n) is 7.11. The van der Waals surface area contributed by atoms with Crippen molar-refractivity contribution >= 4 is 46.9 Å². The normalized spacial score (nSPS) is 12.8. The highest BCUT2D eigenvalue weighted by molar-refractivity contribution is 8.00. The molecule has 3 N–H and O–H groups in total. The predicted molar refractivity (Wildman–Crippen MR) is 183 cm³/mol. The van der Waals surface area contributed by atoms with Crippen LogP contribution in [0.3, 0.4) is 0 Å². The molecule has 1 unspecified atom stereocenters. The molecule has 0 spiro atoms. The van der Waals surface area contributed by atoms with Crippen molar-refractivity contribution < 1.29 is 33.3 Å². The molecule has 0 fully saturated rings. The number of amides is 3. The molecule has 0 saturated carbocycles. The minimum atomic E-state index is -0.544. The van der Waals surface area contributed by atoms with Crippen LogP contribution < -0.4 is 34.9 Å². The molecule has 10 nitrogen and oxygen atoms in total. The lowest BCUT2D eigenvalue weighted by Crippen LogP contribution is -2.30. The van der Waals surface area contributed by atoms with E-state index < -0.39 is 17.1 Å². The maximum absolute atomic E-state index is 13.7. The van der Waals surface area contributed by atoms with Gasteiger partial charge in [0.25, 0.3) is 11.8 Å². The molecule has 1 aliphatic rings. The first-order valence-electron chi connectivity index (χ1n) is 15.0. The topological polar surface area (TPSA) is 124 Å². The molecule has 1 atom stereocenters. The third-order valence-corrected chi connectivity index (χ3v) is 8.47. The monoisotopic (exact) mass is 653 g/mol. The average molecular weight is 654 g/mol. The van der Waals surface area contributed by atoms with Crippen LogP contribution in [0.1, 0.15) is 29.3 Å². The van der Waals surface area contributed by atoms with Crippen molar-refractivity contribution in [3.05, 3.63) is 108 Å². The first kappa shape index (κ1) is 33.0. The zero-order valence-electron chi connectivity index (χ0n) is 26.2. The van der Waals surface area contributed by atoms with Gasteiger partial charge in [0, 0.05) is 39.5 Å². The Kier molecular flexibility index (Phi) is 11.0. The Balaban J connectivity index is 1.32. The number of methoxy groups -OCH3 is 2. The summed E-state index contributed by atoms with van der Waals surface area (Å²) in [6, 6.07) is 26.3. The van der Waals surface area contributed by atoms with Gasteiger partial charge in [-0.25, -0.2) is 0 Å². The van der Waals surface area contributed by atoms with E-state index in [4.69, 9.17) is 18.9 Å². The molecule has 11 heteroatoms. The van der Waals surface area contributed by atoms with Crippen LogP contribution in [-0.4, -0.2) is 50.4 Å². The van der Waals surface area contributed by atoms with Gasteiger partial charge in [-0.3, -0.25) is 14.4 Å². The van der Waals surface area contributed by atoms with E-state index in [0.717, 1.165) is 4.90 Å². The van der Waals surface area contributed by atoms with E-state index in [1.807, 2.05) is 13.0 Å². The van der Waals surface area contributed by atoms with Crippen LogP contribution in [0.25, 0.3) is 6.08 Å². The second-order valence-electron chi connectivity index (χ2n) is 10.3. The summed E-state index contributed by atoms with van der Waals surface area (Å²) in [4.78, 5) is 40.7. The zero-order valence-corrected chi connectivity index (χ0v) is 27.0. The number of carbonyl (C=O) groups excluding carboxylic acids is 3. The molecular formula is C36H35N3O7S. The summed E-state index contributed by atoms with van der Waals surface area (Å²) in [6.07, 6.45) is 2.11. The number of hydrogen-bond donors (Lipinski definition) is 3. The van der Waals surface area contributed by atoms with Crippen LogP contribution in [-0.2, 0) is 9.59 Å². The quantitative estimate of drug-likeness (QED) is 0.119. The lowest BCUT2D eigenvalue weighted by atomic mass is 10.1. The number of rotatable bonds is 12. The van der Waals surface area contributed by atoms with Crippen molar-refractivity contribution in [2.24, 2.45) is 0 Å². The van der Waals surface area contributed by atoms with Gasteiger partial charge in [-0.2, -0.15) is 0 Å². The summed E-state index contributed by atoms with van der Waals surface area (Å²) in [6.45, 7) is 2.88. The van der Waals surface area contributed by atoms with Gasteiger partial charge in [0.2, 0.25) is 5.91 Å². The number of thioether (sulfide) groups is 1. The molecule has 4 aromatic carbocycles. The fourth-order valence-corrected chi connectivity index (χ4v) is 5.72. The molecule has 242 valence electrons. The third kappa shape index (κ3) is 8.65. The number of carbonyl (C=O) groups is 3. The van der Waals surface area contributed by atoms with Gasteiger partial charge in [0.05, 0.1) is 19.5 Å². The summed E-state index contributed by atoms with van der Waals surface area (Å²) in [5, 5.41) is 8.19. The number of anilines is 2. The minimum absolute atomic E-state index is 0.00520. The van der Waals surface area contributed by atoms with E-state index in [2.05, 4.69) is 16.0 Å². The van der Waals surface area contributed by atoms with Gasteiger partial charge in [0.15, 0.2) is 11.5 Å². The zero-order chi connectivity index (χ0) is 33.2. The van der Waals surface area contributed by atoms with Crippen molar-refractivity contribution in [2.75, 3.05) is 38.1 Å². The summed E-state index contributed by atoms with van der Waals surface area (Å²) < 4.78 is 22.0. The molecule has 0 bridgehead atoms. The van der Waals surface area contributed by atoms with Gasteiger partial charge in [0.1, 0.15) is 30.4 Å². The van der Waals surface area contributed by atoms with Crippen LogP contribution >= 0.6 is 11.8 Å². The molecule has 4 aromatic rings. The van der Waals surface area contributed by atoms with Crippen molar-refractivity contribution in [2.45, 2.75) is 23.5 Å². The van der Waals surface area contributed by atoms with E-state index in [1.54, 1.807) is 98.1 Å². The number of ether oxygens (including phenoxy) is 4. The van der Waals surface area contributed by atoms with Crippen molar-refractivity contribution in [1.82, 2.24) is 5.32 Å². The lowest BCUT2D eigenvalue weighted by molar-refractivity contribution is -0.116. The van der Waals surface area contributed by atoms with Crippen molar-refractivity contribution in [3.63, 3.8) is 0 Å². The molecule has 5 rings (SSSR count). The Hall–Kier alpha value is -5.42. The van der Waals surface area contributed by atoms with Crippen LogP contribution in [0, 0.1) is 0 Å². The van der Waals surface area contributed by atoms with Crippen LogP contribution in [0.2, 0.25) is 0 Å². The Bertz CT molecular complexity index is 1780.